The minimum Gasteiger partial charge on any atom is -0.357 e. The van der Waals surface area contributed by atoms with Gasteiger partial charge in [-0.1, -0.05) is 30.3 Å². The molecule has 0 spiro atoms. The van der Waals surface area contributed by atoms with Gasteiger partial charge in [-0.2, -0.15) is 0 Å². The van der Waals surface area contributed by atoms with Crippen LogP contribution in [-0.4, -0.2) is 67.0 Å². The Hall–Kier alpha value is -2.08. The Labute approximate surface area is 171 Å². The van der Waals surface area contributed by atoms with Crippen molar-refractivity contribution in [2.45, 2.75) is 59.7 Å². The van der Waals surface area contributed by atoms with Gasteiger partial charge in [0, 0.05) is 51.7 Å². The van der Waals surface area contributed by atoms with Crippen molar-refractivity contribution < 1.29 is 4.79 Å². The van der Waals surface area contributed by atoms with E-state index in [9.17, 15) is 4.79 Å². The molecule has 1 amide bonds. The van der Waals surface area contributed by atoms with Crippen LogP contribution in [0.2, 0.25) is 0 Å². The van der Waals surface area contributed by atoms with Crippen LogP contribution in [0.4, 0.5) is 0 Å². The zero-order valence-corrected chi connectivity index (χ0v) is 18.5. The highest BCUT2D eigenvalue weighted by atomic mass is 16.2. The molecule has 0 atom stereocenters. The third-order valence-corrected chi connectivity index (χ3v) is 4.62. The summed E-state index contributed by atoms with van der Waals surface area (Å²) in [6, 6.07) is 11.1. The number of carbonyl (C=O) groups is 1. The molecule has 0 bridgehead atoms. The number of benzene rings is 1. The summed E-state index contributed by atoms with van der Waals surface area (Å²) in [5.41, 5.74) is 1.14. The quantitative estimate of drug-likeness (QED) is 0.451. The first-order chi connectivity index (χ1) is 13.3. The van der Waals surface area contributed by atoms with Gasteiger partial charge in [0.15, 0.2) is 5.96 Å². The van der Waals surface area contributed by atoms with Crippen LogP contribution in [0.3, 0.4) is 0 Å². The molecule has 6 nitrogen and oxygen atoms in total. The lowest BCUT2D eigenvalue weighted by Crippen LogP contribution is -2.41. The average Bonchev–Trinajstić information content (AvgIpc) is 2.65. The highest BCUT2D eigenvalue weighted by molar-refractivity contribution is 5.81. The summed E-state index contributed by atoms with van der Waals surface area (Å²) in [7, 11) is 1.85. The van der Waals surface area contributed by atoms with E-state index in [4.69, 9.17) is 0 Å². The van der Waals surface area contributed by atoms with Crippen LogP contribution in [0.1, 0.15) is 46.6 Å². The molecule has 0 aliphatic heterocycles. The van der Waals surface area contributed by atoms with Crippen LogP contribution in [0, 0.1) is 0 Å². The van der Waals surface area contributed by atoms with E-state index < -0.39 is 0 Å². The van der Waals surface area contributed by atoms with E-state index in [0.29, 0.717) is 31.6 Å². The number of hydrogen-bond acceptors (Lipinski definition) is 3. The first-order valence-corrected chi connectivity index (χ1v) is 10.4. The summed E-state index contributed by atoms with van der Waals surface area (Å²) >= 11 is 0. The van der Waals surface area contributed by atoms with E-state index in [2.05, 4.69) is 48.2 Å². The molecule has 0 unspecified atom stereocenters. The molecule has 0 radical (unpaired) electrons. The molecule has 1 aromatic rings. The maximum atomic E-state index is 12.4. The Morgan fingerprint density at radius 2 is 1.71 bits per heavy atom. The molecule has 1 aromatic carbocycles. The molecule has 28 heavy (non-hydrogen) atoms. The van der Waals surface area contributed by atoms with Gasteiger partial charge in [0.05, 0.1) is 6.54 Å². The van der Waals surface area contributed by atoms with Crippen molar-refractivity contribution >= 4 is 11.9 Å². The standard InChI is InChI=1S/C22H39N5O/c1-7-23-22(25-15-16-27(18(2)3)19(4)5)24-14-13-21(28)26(6)17-20-11-9-8-10-12-20/h8-12,18-19H,7,13-17H2,1-6H3,(H2,23,24,25). The number of nitrogens with zero attached hydrogens (tertiary/aromatic N) is 3. The van der Waals surface area contributed by atoms with Crippen molar-refractivity contribution in [3.05, 3.63) is 35.9 Å². The minimum atomic E-state index is 0.123. The zero-order chi connectivity index (χ0) is 20.9. The van der Waals surface area contributed by atoms with E-state index in [1.165, 1.54) is 0 Å². The highest BCUT2D eigenvalue weighted by Gasteiger charge is 2.13. The van der Waals surface area contributed by atoms with E-state index in [-0.39, 0.29) is 5.91 Å². The second-order valence-corrected chi connectivity index (χ2v) is 7.60. The van der Waals surface area contributed by atoms with Crippen LogP contribution in [0.25, 0.3) is 0 Å². The van der Waals surface area contributed by atoms with E-state index >= 15 is 0 Å². The van der Waals surface area contributed by atoms with Crippen molar-refractivity contribution in [2.75, 3.05) is 33.2 Å². The largest absolute Gasteiger partial charge is 0.357 e. The second-order valence-electron chi connectivity index (χ2n) is 7.60. The molecule has 0 saturated carbocycles. The fourth-order valence-corrected chi connectivity index (χ4v) is 3.16. The maximum absolute atomic E-state index is 12.4. The van der Waals surface area contributed by atoms with Gasteiger partial charge in [0.25, 0.3) is 0 Å². The third-order valence-electron chi connectivity index (χ3n) is 4.62. The fraction of sp³-hybridized carbons (Fsp3) is 0.636. The van der Waals surface area contributed by atoms with Crippen molar-refractivity contribution in [3.8, 4) is 0 Å². The predicted octanol–water partition coefficient (Wildman–Crippen LogP) is 2.71. The summed E-state index contributed by atoms with van der Waals surface area (Å²) < 4.78 is 0. The maximum Gasteiger partial charge on any atom is 0.224 e. The molecule has 0 aromatic heterocycles. The lowest BCUT2D eigenvalue weighted by Gasteiger charge is -2.29. The minimum absolute atomic E-state index is 0.123. The number of aliphatic imine (C=N–C) groups is 1. The van der Waals surface area contributed by atoms with Gasteiger partial charge in [-0.25, -0.2) is 0 Å². The monoisotopic (exact) mass is 389 g/mol. The van der Waals surface area contributed by atoms with E-state index in [1.54, 1.807) is 4.90 Å². The smallest absolute Gasteiger partial charge is 0.224 e. The van der Waals surface area contributed by atoms with Gasteiger partial charge in [0.1, 0.15) is 0 Å². The Morgan fingerprint density at radius 3 is 2.29 bits per heavy atom. The molecule has 0 fully saturated rings. The summed E-state index contributed by atoms with van der Waals surface area (Å²) in [5.74, 6) is 0.895. The number of nitrogens with one attached hydrogen (secondary N) is 2. The zero-order valence-electron chi connectivity index (χ0n) is 18.5. The third kappa shape index (κ3) is 9.22. The fourth-order valence-electron chi connectivity index (χ4n) is 3.16. The molecule has 0 heterocycles. The average molecular weight is 390 g/mol. The van der Waals surface area contributed by atoms with Gasteiger partial charge < -0.3 is 15.5 Å². The second kappa shape index (κ2) is 13.2. The molecule has 2 N–H and O–H groups in total. The number of amides is 1. The van der Waals surface area contributed by atoms with Crippen molar-refractivity contribution in [1.29, 1.82) is 0 Å². The molecule has 158 valence electrons. The summed E-state index contributed by atoms with van der Waals surface area (Å²) in [4.78, 5) is 21.2. The normalized spacial score (nSPS) is 12.0. The van der Waals surface area contributed by atoms with E-state index in [0.717, 1.165) is 31.2 Å². The predicted molar refractivity (Wildman–Crippen MR) is 118 cm³/mol. The van der Waals surface area contributed by atoms with Gasteiger partial charge in [-0.15, -0.1) is 0 Å². The molecule has 0 saturated heterocycles. The molecular formula is C22H39N5O. The van der Waals surface area contributed by atoms with Crippen LogP contribution in [-0.2, 0) is 11.3 Å². The Balaban J connectivity index is 2.43. The summed E-state index contributed by atoms with van der Waals surface area (Å²) in [5, 5.41) is 6.53. The van der Waals surface area contributed by atoms with E-state index in [1.807, 2.05) is 44.3 Å². The van der Waals surface area contributed by atoms with Crippen molar-refractivity contribution in [2.24, 2.45) is 4.99 Å². The Kier molecular flexibility index (Phi) is 11.3. The highest BCUT2D eigenvalue weighted by Crippen LogP contribution is 2.05. The number of rotatable bonds is 11. The van der Waals surface area contributed by atoms with Gasteiger partial charge >= 0.3 is 0 Å². The van der Waals surface area contributed by atoms with Crippen LogP contribution < -0.4 is 10.6 Å². The van der Waals surface area contributed by atoms with Crippen molar-refractivity contribution in [3.63, 3.8) is 0 Å². The molecule has 1 rings (SSSR count). The van der Waals surface area contributed by atoms with Gasteiger partial charge in [0.2, 0.25) is 5.91 Å². The Morgan fingerprint density at radius 1 is 1.07 bits per heavy atom. The molecule has 0 aliphatic carbocycles. The first kappa shape index (κ1) is 24.0. The first-order valence-electron chi connectivity index (χ1n) is 10.4. The van der Waals surface area contributed by atoms with Gasteiger partial charge in [-0.3, -0.25) is 14.7 Å². The number of carbonyl (C=O) groups excluding carboxylic acids is 1. The van der Waals surface area contributed by atoms with Crippen LogP contribution >= 0.6 is 0 Å². The van der Waals surface area contributed by atoms with Crippen molar-refractivity contribution in [1.82, 2.24) is 20.4 Å². The summed E-state index contributed by atoms with van der Waals surface area (Å²) in [6.45, 7) is 14.6. The van der Waals surface area contributed by atoms with Crippen LogP contribution in [0.15, 0.2) is 35.3 Å². The summed E-state index contributed by atoms with van der Waals surface area (Å²) in [6.07, 6.45) is 0.442. The number of guanidine groups is 1. The lowest BCUT2D eigenvalue weighted by molar-refractivity contribution is -0.130. The SMILES string of the molecule is CCNC(=NCCN(C(C)C)C(C)C)NCCC(=O)N(C)Cc1ccccc1. The van der Waals surface area contributed by atoms with Crippen LogP contribution in [0.5, 0.6) is 0 Å². The lowest BCUT2D eigenvalue weighted by atomic mass is 10.2. The molecule has 0 aliphatic rings. The molecule has 6 heteroatoms. The van der Waals surface area contributed by atoms with Gasteiger partial charge in [-0.05, 0) is 40.2 Å². The Bertz CT molecular complexity index is 578. The number of hydrogen-bond donors (Lipinski definition) is 2. The molecular weight excluding hydrogens is 350 g/mol. The topological polar surface area (TPSA) is 60.0 Å².